The Labute approximate surface area is 138 Å². The summed E-state index contributed by atoms with van der Waals surface area (Å²) in [6.07, 6.45) is 0.547. The quantitative estimate of drug-likeness (QED) is 0.853. The van der Waals surface area contributed by atoms with Crippen LogP contribution in [-0.4, -0.2) is 61.6 Å². The minimum atomic E-state index is 0.183. The van der Waals surface area contributed by atoms with Gasteiger partial charge >= 0.3 is 0 Å². The number of carbonyl (C=O) groups excluding carboxylic acids is 1. The van der Waals surface area contributed by atoms with Crippen molar-refractivity contribution < 1.29 is 14.3 Å². The highest BCUT2D eigenvalue weighted by Gasteiger charge is 2.23. The normalized spacial score (nSPS) is 19.5. The molecule has 23 heavy (non-hydrogen) atoms. The Bertz CT molecular complexity index is 553. The average molecular weight is 318 g/mol. The lowest BCUT2D eigenvalue weighted by Crippen LogP contribution is -2.48. The van der Waals surface area contributed by atoms with Crippen LogP contribution in [0.25, 0.3) is 0 Å². The summed E-state index contributed by atoms with van der Waals surface area (Å²) in [5, 5.41) is 0. The molecule has 0 aromatic heterocycles. The van der Waals surface area contributed by atoms with Gasteiger partial charge in [0.15, 0.2) is 11.5 Å². The van der Waals surface area contributed by atoms with Gasteiger partial charge in [-0.25, -0.2) is 0 Å². The van der Waals surface area contributed by atoms with Gasteiger partial charge in [0, 0.05) is 32.6 Å². The van der Waals surface area contributed by atoms with Crippen LogP contribution in [0.4, 0.5) is 0 Å². The number of benzene rings is 1. The summed E-state index contributed by atoms with van der Waals surface area (Å²) >= 11 is 0. The molecular formula is C18H26N2O3. The lowest BCUT2D eigenvalue weighted by molar-refractivity contribution is -0.133. The second-order valence-corrected chi connectivity index (χ2v) is 6.32. The molecule has 2 aliphatic rings. The molecule has 126 valence electrons. The number of fused-ring (bicyclic) bond motifs is 1. The second-order valence-electron chi connectivity index (χ2n) is 6.32. The Morgan fingerprint density at radius 1 is 1.13 bits per heavy atom. The largest absolute Gasteiger partial charge is 0.486 e. The molecule has 0 spiro atoms. The molecule has 5 nitrogen and oxygen atoms in total. The monoisotopic (exact) mass is 318 g/mol. The van der Waals surface area contributed by atoms with Crippen LogP contribution in [-0.2, 0) is 4.79 Å². The first kappa shape index (κ1) is 16.1. The van der Waals surface area contributed by atoms with Gasteiger partial charge in [-0.1, -0.05) is 19.9 Å². The van der Waals surface area contributed by atoms with Gasteiger partial charge in [-0.3, -0.25) is 4.79 Å². The summed E-state index contributed by atoms with van der Waals surface area (Å²) in [5.74, 6) is 2.03. The van der Waals surface area contributed by atoms with Gasteiger partial charge in [0.1, 0.15) is 13.2 Å². The van der Waals surface area contributed by atoms with E-state index < -0.39 is 0 Å². The summed E-state index contributed by atoms with van der Waals surface area (Å²) in [5.41, 5.74) is 1.13. The van der Waals surface area contributed by atoms with Crippen molar-refractivity contribution in [2.75, 3.05) is 45.9 Å². The second kappa shape index (κ2) is 7.21. The van der Waals surface area contributed by atoms with E-state index >= 15 is 0 Å². The summed E-state index contributed by atoms with van der Waals surface area (Å²) in [4.78, 5) is 16.9. The molecular weight excluding hydrogens is 292 g/mol. The Kier molecular flexibility index (Phi) is 5.06. The molecule has 5 heteroatoms. The predicted molar refractivity (Wildman–Crippen MR) is 89.2 cm³/mol. The smallest absolute Gasteiger partial charge is 0.223 e. The third-order valence-electron chi connectivity index (χ3n) is 4.79. The number of piperazine rings is 1. The Hall–Kier alpha value is -1.75. The first-order valence-corrected chi connectivity index (χ1v) is 8.57. The van der Waals surface area contributed by atoms with Gasteiger partial charge in [-0.2, -0.15) is 0 Å². The van der Waals surface area contributed by atoms with E-state index in [9.17, 15) is 4.79 Å². The highest BCUT2D eigenvalue weighted by molar-refractivity contribution is 5.77. The predicted octanol–water partition coefficient (Wildman–Crippen LogP) is 2.12. The number of hydrogen-bond donors (Lipinski definition) is 0. The van der Waals surface area contributed by atoms with E-state index in [1.807, 2.05) is 23.1 Å². The van der Waals surface area contributed by atoms with Crippen molar-refractivity contribution in [2.24, 2.45) is 0 Å². The summed E-state index contributed by atoms with van der Waals surface area (Å²) in [6, 6.07) is 6.01. The minimum Gasteiger partial charge on any atom is -0.486 e. The first-order chi connectivity index (χ1) is 11.2. The van der Waals surface area contributed by atoms with Crippen LogP contribution in [0.15, 0.2) is 18.2 Å². The van der Waals surface area contributed by atoms with Crippen LogP contribution in [0.2, 0.25) is 0 Å². The molecule has 0 bridgehead atoms. The fourth-order valence-electron chi connectivity index (χ4n) is 3.19. The highest BCUT2D eigenvalue weighted by Crippen LogP contribution is 2.34. The van der Waals surface area contributed by atoms with Gasteiger partial charge in [0.05, 0.1) is 0 Å². The number of nitrogens with zero attached hydrogens (tertiary/aromatic N) is 2. The van der Waals surface area contributed by atoms with Crippen molar-refractivity contribution in [3.8, 4) is 11.5 Å². The molecule has 1 fully saturated rings. The van der Waals surface area contributed by atoms with E-state index in [4.69, 9.17) is 9.47 Å². The molecule has 1 saturated heterocycles. The molecule has 0 aliphatic carbocycles. The zero-order valence-electron chi connectivity index (χ0n) is 14.1. The van der Waals surface area contributed by atoms with Crippen LogP contribution >= 0.6 is 0 Å². The van der Waals surface area contributed by atoms with E-state index in [2.05, 4.69) is 18.7 Å². The van der Waals surface area contributed by atoms with E-state index in [0.29, 0.717) is 19.6 Å². The number of rotatable bonds is 4. The standard InChI is InChI=1S/C18H26N2O3/c1-3-19-6-8-20(9-7-19)18(21)12-14(2)15-4-5-16-17(13-15)23-11-10-22-16/h4-5,13-14H,3,6-12H2,1-2H3. The fraction of sp³-hybridized carbons (Fsp3) is 0.611. The van der Waals surface area contributed by atoms with Gasteiger partial charge in [0.25, 0.3) is 0 Å². The number of amides is 1. The molecule has 1 aromatic carbocycles. The molecule has 0 radical (unpaired) electrons. The van der Waals surface area contributed by atoms with Crippen molar-refractivity contribution in [3.63, 3.8) is 0 Å². The fourth-order valence-corrected chi connectivity index (χ4v) is 3.19. The van der Waals surface area contributed by atoms with E-state index in [1.54, 1.807) is 0 Å². The lowest BCUT2D eigenvalue weighted by atomic mass is 9.96. The molecule has 1 aromatic rings. The van der Waals surface area contributed by atoms with Crippen LogP contribution < -0.4 is 9.47 Å². The van der Waals surface area contributed by atoms with Gasteiger partial charge < -0.3 is 19.3 Å². The molecule has 2 aliphatic heterocycles. The third-order valence-corrected chi connectivity index (χ3v) is 4.79. The van der Waals surface area contributed by atoms with Gasteiger partial charge in [-0.05, 0) is 30.2 Å². The van der Waals surface area contributed by atoms with Crippen molar-refractivity contribution in [3.05, 3.63) is 23.8 Å². The van der Waals surface area contributed by atoms with Crippen molar-refractivity contribution in [1.29, 1.82) is 0 Å². The van der Waals surface area contributed by atoms with E-state index in [-0.39, 0.29) is 11.8 Å². The lowest BCUT2D eigenvalue weighted by Gasteiger charge is -2.34. The molecule has 2 heterocycles. The van der Waals surface area contributed by atoms with Crippen molar-refractivity contribution in [1.82, 2.24) is 9.80 Å². The maximum atomic E-state index is 12.5. The van der Waals surface area contributed by atoms with Crippen LogP contribution in [0.5, 0.6) is 11.5 Å². The van der Waals surface area contributed by atoms with Gasteiger partial charge in [0.2, 0.25) is 5.91 Å². The molecule has 1 unspecified atom stereocenters. The maximum Gasteiger partial charge on any atom is 0.223 e. The molecule has 3 rings (SSSR count). The topological polar surface area (TPSA) is 42.0 Å². The highest BCUT2D eigenvalue weighted by atomic mass is 16.6. The number of likely N-dealkylation sites (N-methyl/N-ethyl adjacent to an activating group) is 1. The number of carbonyl (C=O) groups is 1. The molecule has 0 N–H and O–H groups in total. The van der Waals surface area contributed by atoms with Crippen LogP contribution in [0.1, 0.15) is 31.7 Å². The Morgan fingerprint density at radius 2 is 1.83 bits per heavy atom. The van der Waals surface area contributed by atoms with Crippen LogP contribution in [0.3, 0.4) is 0 Å². The summed E-state index contributed by atoms with van der Waals surface area (Å²) < 4.78 is 11.2. The molecule has 1 amide bonds. The zero-order chi connectivity index (χ0) is 16.2. The summed E-state index contributed by atoms with van der Waals surface area (Å²) in [7, 11) is 0. The van der Waals surface area contributed by atoms with Gasteiger partial charge in [-0.15, -0.1) is 0 Å². The number of hydrogen-bond acceptors (Lipinski definition) is 4. The number of ether oxygens (including phenoxy) is 2. The molecule has 0 saturated carbocycles. The first-order valence-electron chi connectivity index (χ1n) is 8.57. The summed E-state index contributed by atoms with van der Waals surface area (Å²) in [6.45, 7) is 10.2. The SMILES string of the molecule is CCN1CCN(C(=O)CC(C)c2ccc3c(c2)OCCO3)CC1. The zero-order valence-corrected chi connectivity index (χ0v) is 14.1. The molecule has 1 atom stereocenters. The van der Waals surface area contributed by atoms with Crippen molar-refractivity contribution in [2.45, 2.75) is 26.2 Å². The van der Waals surface area contributed by atoms with Crippen molar-refractivity contribution >= 4 is 5.91 Å². The van der Waals surface area contributed by atoms with E-state index in [0.717, 1.165) is 49.8 Å². The maximum absolute atomic E-state index is 12.5. The van der Waals surface area contributed by atoms with Crippen LogP contribution in [0, 0.1) is 0 Å². The minimum absolute atomic E-state index is 0.183. The average Bonchev–Trinajstić information content (AvgIpc) is 2.61. The Morgan fingerprint density at radius 3 is 2.52 bits per heavy atom. The van der Waals surface area contributed by atoms with E-state index in [1.165, 1.54) is 0 Å². The Balaban J connectivity index is 1.58. The third kappa shape index (κ3) is 3.78.